The van der Waals surface area contributed by atoms with E-state index in [1.165, 1.54) is 19.5 Å². The summed E-state index contributed by atoms with van der Waals surface area (Å²) in [5, 5.41) is 7.03. The predicted octanol–water partition coefficient (Wildman–Crippen LogP) is 5.34. The van der Waals surface area contributed by atoms with Crippen LogP contribution < -0.4 is 20.1 Å². The van der Waals surface area contributed by atoms with Crippen molar-refractivity contribution in [3.63, 3.8) is 0 Å². The molecule has 2 aromatic heterocycles. The van der Waals surface area contributed by atoms with Crippen LogP contribution in [-0.2, 0) is 16.1 Å². The number of rotatable bonds is 9. The van der Waals surface area contributed by atoms with Gasteiger partial charge in [-0.25, -0.2) is 14.8 Å². The molecule has 1 aliphatic heterocycles. The first-order valence-corrected chi connectivity index (χ1v) is 13.1. The van der Waals surface area contributed by atoms with Crippen LogP contribution in [0.2, 0.25) is 5.02 Å². The Morgan fingerprint density at radius 2 is 2.02 bits per heavy atom. The van der Waals surface area contributed by atoms with E-state index in [4.69, 9.17) is 25.8 Å². The van der Waals surface area contributed by atoms with Gasteiger partial charge in [-0.1, -0.05) is 24.2 Å². The number of likely N-dealkylation sites (tertiary alicyclic amines) is 1. The molecule has 1 unspecified atom stereocenters. The summed E-state index contributed by atoms with van der Waals surface area (Å²) < 4.78 is 16.8. The van der Waals surface area contributed by atoms with E-state index < -0.39 is 12.2 Å². The molecule has 11 nitrogen and oxygen atoms in total. The number of carbonyl (C=O) groups excluding carboxylic acids is 2. The number of benzene rings is 2. The molecular weight excluding hydrogens is 548 g/mol. The number of pyridine rings is 1. The molecule has 0 radical (unpaired) electrons. The topological polar surface area (TPSA) is 128 Å². The van der Waals surface area contributed by atoms with Gasteiger partial charge in [0.25, 0.3) is 0 Å². The fraction of sp³-hybridized carbons (Fsp3) is 0.207. The Bertz CT molecular complexity index is 1590. The fourth-order valence-electron chi connectivity index (χ4n) is 4.36. The van der Waals surface area contributed by atoms with E-state index in [-0.39, 0.29) is 12.5 Å². The van der Waals surface area contributed by atoms with Gasteiger partial charge in [-0.15, -0.1) is 0 Å². The highest BCUT2D eigenvalue weighted by Gasteiger charge is 2.28. The second kappa shape index (κ2) is 12.5. The number of hydrogen-bond donors (Lipinski definition) is 2. The third-order valence-electron chi connectivity index (χ3n) is 6.39. The number of aromatic nitrogens is 3. The van der Waals surface area contributed by atoms with Crippen molar-refractivity contribution in [2.75, 3.05) is 30.8 Å². The molecule has 2 N–H and O–H groups in total. The Hall–Kier alpha value is -4.90. The quantitative estimate of drug-likeness (QED) is 0.254. The van der Waals surface area contributed by atoms with Gasteiger partial charge < -0.3 is 24.4 Å². The third-order valence-corrected chi connectivity index (χ3v) is 6.69. The molecule has 1 aliphatic rings. The number of hydrogen-bond acceptors (Lipinski definition) is 9. The number of methoxy groups -OCH3 is 1. The van der Waals surface area contributed by atoms with Gasteiger partial charge in [0.05, 0.1) is 35.6 Å². The molecule has 0 saturated carbocycles. The van der Waals surface area contributed by atoms with Crippen molar-refractivity contribution in [2.45, 2.75) is 19.1 Å². The van der Waals surface area contributed by atoms with Gasteiger partial charge in [-0.2, -0.15) is 0 Å². The van der Waals surface area contributed by atoms with Crippen LogP contribution in [0.15, 0.2) is 73.7 Å². The van der Waals surface area contributed by atoms with Gasteiger partial charge in [-0.3, -0.25) is 15.1 Å². The van der Waals surface area contributed by atoms with Crippen molar-refractivity contribution in [3.8, 4) is 11.5 Å². The average molecular weight is 575 g/mol. The Balaban J connectivity index is 1.31. The van der Waals surface area contributed by atoms with Gasteiger partial charge in [0.1, 0.15) is 36.4 Å². The minimum Gasteiger partial charge on any atom is -0.494 e. The van der Waals surface area contributed by atoms with Crippen LogP contribution in [0.25, 0.3) is 10.9 Å². The van der Waals surface area contributed by atoms with Gasteiger partial charge >= 0.3 is 6.09 Å². The van der Waals surface area contributed by atoms with Crippen LogP contribution in [0.5, 0.6) is 11.5 Å². The Morgan fingerprint density at radius 1 is 1.15 bits per heavy atom. The second-order valence-electron chi connectivity index (χ2n) is 9.10. The minimum atomic E-state index is -0.667. The van der Waals surface area contributed by atoms with Crippen molar-refractivity contribution in [1.82, 2.24) is 19.9 Å². The molecule has 2 aromatic carbocycles. The van der Waals surface area contributed by atoms with E-state index in [2.05, 4.69) is 32.2 Å². The first-order chi connectivity index (χ1) is 19.9. The maximum absolute atomic E-state index is 12.7. The first-order valence-electron chi connectivity index (χ1n) is 12.7. The van der Waals surface area contributed by atoms with Crippen LogP contribution >= 0.6 is 11.6 Å². The van der Waals surface area contributed by atoms with Crippen molar-refractivity contribution in [1.29, 1.82) is 0 Å². The third kappa shape index (κ3) is 6.64. The van der Waals surface area contributed by atoms with Gasteiger partial charge in [0.2, 0.25) is 5.91 Å². The molecule has 5 rings (SSSR count). The summed E-state index contributed by atoms with van der Waals surface area (Å²) in [7, 11) is 1.49. The molecule has 12 heteroatoms. The van der Waals surface area contributed by atoms with Crippen molar-refractivity contribution >= 4 is 51.7 Å². The summed E-state index contributed by atoms with van der Waals surface area (Å²) in [5.74, 6) is 1.21. The molecule has 1 saturated heterocycles. The van der Waals surface area contributed by atoms with E-state index in [0.29, 0.717) is 64.1 Å². The SMILES string of the molecule is C=CC(=O)N1CCC(OC(=O)Nc2cc3c(Nc4ccc(OCc5ccccn5)c(Cl)c4)ncnc3cc2OC)C1. The number of nitrogens with zero attached hydrogens (tertiary/aromatic N) is 4. The number of halogens is 1. The summed E-state index contributed by atoms with van der Waals surface area (Å²) in [4.78, 5) is 39.1. The largest absolute Gasteiger partial charge is 0.494 e. The highest BCUT2D eigenvalue weighted by molar-refractivity contribution is 6.32. The molecule has 41 heavy (non-hydrogen) atoms. The second-order valence-corrected chi connectivity index (χ2v) is 9.51. The molecule has 2 amide bonds. The summed E-state index contributed by atoms with van der Waals surface area (Å²) in [6, 6.07) is 14.3. The monoisotopic (exact) mass is 574 g/mol. The summed E-state index contributed by atoms with van der Waals surface area (Å²) in [6.45, 7) is 4.59. The Kier molecular flexibility index (Phi) is 8.44. The van der Waals surface area contributed by atoms with Gasteiger partial charge in [0, 0.05) is 36.3 Å². The van der Waals surface area contributed by atoms with Crippen molar-refractivity contribution in [3.05, 3.63) is 84.4 Å². The molecule has 1 atom stereocenters. The van der Waals surface area contributed by atoms with E-state index in [1.807, 2.05) is 24.3 Å². The number of amides is 2. The van der Waals surface area contributed by atoms with Gasteiger partial charge in [-0.05, 0) is 42.5 Å². The summed E-state index contributed by atoms with van der Waals surface area (Å²) in [5.41, 5.74) is 2.42. The number of fused-ring (bicyclic) bond motifs is 1. The molecule has 0 spiro atoms. The lowest BCUT2D eigenvalue weighted by Crippen LogP contribution is -2.30. The zero-order valence-electron chi connectivity index (χ0n) is 22.2. The Labute approximate surface area is 241 Å². The minimum absolute atomic E-state index is 0.194. The lowest BCUT2D eigenvalue weighted by molar-refractivity contribution is -0.125. The standard InChI is InChI=1S/C29H27ClN6O5/c1-3-27(37)36-11-9-20(15-36)41-29(38)35-24-13-21-23(14-26(24)39-2)32-17-33-28(21)34-18-7-8-25(22(30)12-18)40-16-19-6-4-5-10-31-19/h3-8,10,12-14,17,20H,1,9,11,15-16H2,2H3,(H,35,38)(H,32,33,34). The van der Waals surface area contributed by atoms with Crippen LogP contribution in [0, 0.1) is 0 Å². The lowest BCUT2D eigenvalue weighted by Gasteiger charge is -2.17. The number of ether oxygens (including phenoxy) is 3. The summed E-state index contributed by atoms with van der Waals surface area (Å²) in [6.07, 6.45) is 3.82. The number of nitrogens with one attached hydrogen (secondary N) is 2. The number of anilines is 3. The lowest BCUT2D eigenvalue weighted by atomic mass is 10.2. The zero-order chi connectivity index (χ0) is 28.8. The Morgan fingerprint density at radius 3 is 2.78 bits per heavy atom. The predicted molar refractivity (Wildman–Crippen MR) is 155 cm³/mol. The van der Waals surface area contributed by atoms with Crippen molar-refractivity contribution in [2.24, 2.45) is 0 Å². The van der Waals surface area contributed by atoms with E-state index in [1.54, 1.807) is 35.4 Å². The van der Waals surface area contributed by atoms with E-state index in [9.17, 15) is 9.59 Å². The molecule has 4 aromatic rings. The zero-order valence-corrected chi connectivity index (χ0v) is 22.9. The number of carbonyl (C=O) groups is 2. The molecular formula is C29H27ClN6O5. The van der Waals surface area contributed by atoms with Gasteiger partial charge in [0.15, 0.2) is 0 Å². The molecule has 1 fully saturated rings. The van der Waals surface area contributed by atoms with E-state index in [0.717, 1.165) is 5.69 Å². The molecule has 3 heterocycles. The average Bonchev–Trinajstić information content (AvgIpc) is 3.45. The maximum Gasteiger partial charge on any atom is 0.412 e. The molecule has 0 aliphatic carbocycles. The fourth-order valence-corrected chi connectivity index (χ4v) is 4.60. The van der Waals surface area contributed by atoms with Crippen molar-refractivity contribution < 1.29 is 23.8 Å². The summed E-state index contributed by atoms with van der Waals surface area (Å²) >= 11 is 6.48. The highest BCUT2D eigenvalue weighted by atomic mass is 35.5. The van der Waals surface area contributed by atoms with Crippen LogP contribution in [0.1, 0.15) is 12.1 Å². The first kappa shape index (κ1) is 27.7. The normalized spacial score (nSPS) is 14.4. The highest BCUT2D eigenvalue weighted by Crippen LogP contribution is 2.35. The van der Waals surface area contributed by atoms with Crippen LogP contribution in [0.3, 0.4) is 0 Å². The molecule has 0 bridgehead atoms. The molecule has 210 valence electrons. The van der Waals surface area contributed by atoms with E-state index >= 15 is 0 Å². The van der Waals surface area contributed by atoms with Crippen LogP contribution in [-0.4, -0.2) is 58.2 Å². The maximum atomic E-state index is 12.7. The smallest absolute Gasteiger partial charge is 0.412 e. The van der Waals surface area contributed by atoms with Crippen LogP contribution in [0.4, 0.5) is 22.0 Å².